The smallest absolute Gasteiger partial charge is 0.0505 e. The second-order valence-electron chi connectivity index (χ2n) is 5.54. The summed E-state index contributed by atoms with van der Waals surface area (Å²) in [5.74, 6) is 0.725. The molecule has 108 valence electrons. The van der Waals surface area contributed by atoms with Gasteiger partial charge >= 0.3 is 0 Å². The topological polar surface area (TPSA) is 9.23 Å². The van der Waals surface area contributed by atoms with Crippen LogP contribution in [0.4, 0.5) is 0 Å². The van der Waals surface area contributed by atoms with Gasteiger partial charge in [-0.25, -0.2) is 0 Å². The summed E-state index contributed by atoms with van der Waals surface area (Å²) in [4.78, 5) is 2.86. The van der Waals surface area contributed by atoms with Gasteiger partial charge in [-0.1, -0.05) is 38.1 Å². The van der Waals surface area contributed by atoms with E-state index in [9.17, 15) is 0 Å². The monoisotopic (exact) mass is 306 g/mol. The first-order chi connectivity index (χ1) is 9.69. The first kappa shape index (κ1) is 15.7. The fraction of sp³-hybridized carbons (Fsp3) is 0.412. The molecule has 0 bridgehead atoms. The highest BCUT2D eigenvalue weighted by Crippen LogP contribution is 2.29. The van der Waals surface area contributed by atoms with Crippen molar-refractivity contribution < 1.29 is 4.52 Å². The van der Waals surface area contributed by atoms with E-state index in [0.717, 1.165) is 25.4 Å². The van der Waals surface area contributed by atoms with Crippen molar-refractivity contribution in [3.05, 3.63) is 46.8 Å². The van der Waals surface area contributed by atoms with Crippen molar-refractivity contribution >= 4 is 20.8 Å². The van der Waals surface area contributed by atoms with Crippen LogP contribution in [0.1, 0.15) is 30.7 Å². The SMILES string of the molecule is CC(C)Cc1ccc(-c2ccc(CCCOP)cc2)s1. The molecule has 1 nitrogen and oxygen atoms in total. The quantitative estimate of drug-likeness (QED) is 0.495. The number of hydrogen-bond donors (Lipinski definition) is 0. The summed E-state index contributed by atoms with van der Waals surface area (Å²) < 4.78 is 5.01. The first-order valence-corrected chi connectivity index (χ1v) is 8.47. The fourth-order valence-corrected chi connectivity index (χ4v) is 3.63. The number of aryl methyl sites for hydroxylation is 1. The molecule has 0 aliphatic heterocycles. The summed E-state index contributed by atoms with van der Waals surface area (Å²) in [6.45, 7) is 5.34. The van der Waals surface area contributed by atoms with Crippen LogP contribution in [0, 0.1) is 5.92 Å². The minimum Gasteiger partial charge on any atom is -0.366 e. The lowest BCUT2D eigenvalue weighted by Gasteiger charge is -2.03. The average Bonchev–Trinajstić information content (AvgIpc) is 2.87. The second kappa shape index (κ2) is 7.93. The van der Waals surface area contributed by atoms with E-state index >= 15 is 0 Å². The Morgan fingerprint density at radius 2 is 1.85 bits per heavy atom. The molecule has 20 heavy (non-hydrogen) atoms. The molecule has 3 heteroatoms. The maximum atomic E-state index is 5.01. The summed E-state index contributed by atoms with van der Waals surface area (Å²) in [6, 6.07) is 13.5. The molecule has 0 N–H and O–H groups in total. The summed E-state index contributed by atoms with van der Waals surface area (Å²) in [6.07, 6.45) is 3.33. The van der Waals surface area contributed by atoms with Crippen LogP contribution in [-0.4, -0.2) is 6.61 Å². The van der Waals surface area contributed by atoms with Crippen LogP contribution in [0.3, 0.4) is 0 Å². The molecule has 1 aromatic heterocycles. The number of benzene rings is 1. The molecule has 0 radical (unpaired) electrons. The third kappa shape index (κ3) is 4.70. The van der Waals surface area contributed by atoms with E-state index in [0.29, 0.717) is 0 Å². The van der Waals surface area contributed by atoms with Gasteiger partial charge in [0.25, 0.3) is 0 Å². The molecule has 1 heterocycles. The van der Waals surface area contributed by atoms with Gasteiger partial charge < -0.3 is 4.52 Å². The molecule has 2 aromatic rings. The zero-order valence-electron chi connectivity index (χ0n) is 12.3. The summed E-state index contributed by atoms with van der Waals surface area (Å²) in [5.41, 5.74) is 2.71. The lowest BCUT2D eigenvalue weighted by molar-refractivity contribution is 0.363. The molecular formula is C17H23OPS. The Bertz CT molecular complexity index is 516. The van der Waals surface area contributed by atoms with E-state index in [1.165, 1.54) is 27.3 Å². The van der Waals surface area contributed by atoms with Crippen molar-refractivity contribution in [1.82, 2.24) is 0 Å². The van der Waals surface area contributed by atoms with E-state index in [-0.39, 0.29) is 0 Å². The van der Waals surface area contributed by atoms with Crippen LogP contribution in [0.2, 0.25) is 0 Å². The van der Waals surface area contributed by atoms with Crippen molar-refractivity contribution in [2.75, 3.05) is 6.61 Å². The number of rotatable bonds is 7. The van der Waals surface area contributed by atoms with Crippen LogP contribution in [0.15, 0.2) is 36.4 Å². The largest absolute Gasteiger partial charge is 0.366 e. The molecule has 0 aliphatic carbocycles. The highest BCUT2D eigenvalue weighted by Gasteiger charge is 2.05. The minimum absolute atomic E-state index is 0.725. The average molecular weight is 306 g/mol. The van der Waals surface area contributed by atoms with Gasteiger partial charge in [-0.3, -0.25) is 0 Å². The highest BCUT2D eigenvalue weighted by atomic mass is 32.1. The minimum atomic E-state index is 0.725. The summed E-state index contributed by atoms with van der Waals surface area (Å²) in [5, 5.41) is 0. The maximum absolute atomic E-state index is 5.01. The van der Waals surface area contributed by atoms with Crippen LogP contribution < -0.4 is 0 Å². The molecule has 1 unspecified atom stereocenters. The predicted molar refractivity (Wildman–Crippen MR) is 92.3 cm³/mol. The molecule has 1 atom stereocenters. The first-order valence-electron chi connectivity index (χ1n) is 7.18. The molecular weight excluding hydrogens is 283 g/mol. The van der Waals surface area contributed by atoms with Gasteiger partial charge in [0.1, 0.15) is 0 Å². The standard InChI is InChI=1S/C17H23OPS/c1-13(2)12-16-9-10-17(20-16)15-7-5-14(6-8-15)4-3-11-18-19/h5-10,13H,3-4,11-12,19H2,1-2H3. The molecule has 0 saturated heterocycles. The van der Waals surface area contributed by atoms with Gasteiger partial charge in [0, 0.05) is 19.2 Å². The maximum Gasteiger partial charge on any atom is 0.0505 e. The zero-order chi connectivity index (χ0) is 14.4. The Balaban J connectivity index is 2.00. The van der Waals surface area contributed by atoms with Gasteiger partial charge in [-0.2, -0.15) is 0 Å². The molecule has 2 rings (SSSR count). The molecule has 0 spiro atoms. The Morgan fingerprint density at radius 1 is 1.10 bits per heavy atom. The van der Waals surface area contributed by atoms with E-state index < -0.39 is 0 Å². The van der Waals surface area contributed by atoms with Crippen molar-refractivity contribution in [3.63, 3.8) is 0 Å². The second-order valence-corrected chi connectivity index (χ2v) is 7.04. The summed E-state index contributed by atoms with van der Waals surface area (Å²) in [7, 11) is 2.30. The van der Waals surface area contributed by atoms with Crippen LogP contribution in [0.5, 0.6) is 0 Å². The Hall–Kier alpha value is -0.690. The third-order valence-electron chi connectivity index (χ3n) is 3.24. The highest BCUT2D eigenvalue weighted by molar-refractivity contribution is 7.15. The van der Waals surface area contributed by atoms with Crippen molar-refractivity contribution in [2.24, 2.45) is 5.92 Å². The van der Waals surface area contributed by atoms with E-state index in [2.05, 4.69) is 59.7 Å². The molecule has 0 aliphatic rings. The molecule has 0 saturated carbocycles. The van der Waals surface area contributed by atoms with Crippen molar-refractivity contribution in [1.29, 1.82) is 0 Å². The lowest BCUT2D eigenvalue weighted by Crippen LogP contribution is -1.90. The van der Waals surface area contributed by atoms with Gasteiger partial charge in [0.05, 0.1) is 6.61 Å². The molecule has 0 fully saturated rings. The van der Waals surface area contributed by atoms with E-state index in [4.69, 9.17) is 4.52 Å². The molecule has 0 amide bonds. The lowest BCUT2D eigenvalue weighted by atomic mass is 10.1. The Labute approximate surface area is 128 Å². The summed E-state index contributed by atoms with van der Waals surface area (Å²) >= 11 is 1.92. The fourth-order valence-electron chi connectivity index (χ4n) is 2.24. The predicted octanol–water partition coefficient (Wildman–Crippen LogP) is 5.35. The molecule has 1 aromatic carbocycles. The number of hydrogen-bond acceptors (Lipinski definition) is 2. The Kier molecular flexibility index (Phi) is 6.22. The van der Waals surface area contributed by atoms with Gasteiger partial charge in [0.15, 0.2) is 0 Å². The van der Waals surface area contributed by atoms with Crippen LogP contribution in [0.25, 0.3) is 10.4 Å². The third-order valence-corrected chi connectivity index (χ3v) is 4.63. The van der Waals surface area contributed by atoms with E-state index in [1.807, 2.05) is 11.3 Å². The van der Waals surface area contributed by atoms with E-state index in [1.54, 1.807) is 0 Å². The van der Waals surface area contributed by atoms with Gasteiger partial charge in [-0.15, -0.1) is 11.3 Å². The van der Waals surface area contributed by atoms with Gasteiger partial charge in [-0.05, 0) is 48.4 Å². The van der Waals surface area contributed by atoms with Crippen LogP contribution >= 0.6 is 20.8 Å². The zero-order valence-corrected chi connectivity index (χ0v) is 14.2. The number of thiophene rings is 1. The van der Waals surface area contributed by atoms with Gasteiger partial charge in [0.2, 0.25) is 0 Å². The Morgan fingerprint density at radius 3 is 2.50 bits per heavy atom. The normalized spacial score (nSPS) is 11.2. The van der Waals surface area contributed by atoms with Crippen molar-refractivity contribution in [3.8, 4) is 10.4 Å². The van der Waals surface area contributed by atoms with Crippen molar-refractivity contribution in [2.45, 2.75) is 33.1 Å². The van der Waals surface area contributed by atoms with Crippen LogP contribution in [-0.2, 0) is 17.4 Å².